The molecular weight excluding hydrogens is 240 g/mol. The monoisotopic (exact) mass is 254 g/mol. The number of benzene rings is 2. The highest BCUT2D eigenvalue weighted by Crippen LogP contribution is 2.28. The van der Waals surface area contributed by atoms with Crippen molar-refractivity contribution in [3.8, 4) is 11.1 Å². The van der Waals surface area contributed by atoms with Crippen molar-refractivity contribution in [2.75, 3.05) is 5.73 Å². The van der Waals surface area contributed by atoms with E-state index in [0.29, 0.717) is 5.58 Å². The molecule has 3 rings (SSSR count). The number of nitrogens with two attached hydrogens (primary N) is 1. The first kappa shape index (κ1) is 11.6. The number of hydrogen-bond donors (Lipinski definition) is 1. The molecule has 3 aromatic rings. The topological polar surface area (TPSA) is 61.2 Å². The molecule has 0 spiro atoms. The summed E-state index contributed by atoms with van der Waals surface area (Å²) in [5, 5.41) is 0. The molecule has 4 heteroatoms. The fraction of sp³-hybridized carbons (Fsp3) is 0.133. The van der Waals surface area contributed by atoms with Crippen molar-refractivity contribution in [1.82, 2.24) is 4.57 Å². The van der Waals surface area contributed by atoms with Crippen LogP contribution >= 0.6 is 0 Å². The summed E-state index contributed by atoms with van der Waals surface area (Å²) in [6.45, 7) is 2.00. The number of aryl methyl sites for hydroxylation is 2. The summed E-state index contributed by atoms with van der Waals surface area (Å²) in [6.07, 6.45) is 0. The predicted molar refractivity (Wildman–Crippen MR) is 76.0 cm³/mol. The van der Waals surface area contributed by atoms with Crippen molar-refractivity contribution in [2.45, 2.75) is 6.92 Å². The van der Waals surface area contributed by atoms with Crippen LogP contribution in [0, 0.1) is 6.92 Å². The summed E-state index contributed by atoms with van der Waals surface area (Å²) in [4.78, 5) is 11.5. The van der Waals surface area contributed by atoms with Crippen molar-refractivity contribution in [1.29, 1.82) is 0 Å². The van der Waals surface area contributed by atoms with Gasteiger partial charge in [-0.1, -0.05) is 12.1 Å². The Morgan fingerprint density at radius 2 is 1.84 bits per heavy atom. The normalized spacial score (nSPS) is 11.1. The zero-order chi connectivity index (χ0) is 13.6. The van der Waals surface area contributed by atoms with Crippen LogP contribution in [-0.4, -0.2) is 4.57 Å². The number of rotatable bonds is 1. The average Bonchev–Trinajstić information content (AvgIpc) is 2.65. The third kappa shape index (κ3) is 1.81. The molecule has 0 fully saturated rings. The Morgan fingerprint density at radius 1 is 1.16 bits per heavy atom. The second-order valence-electron chi connectivity index (χ2n) is 4.68. The lowest BCUT2D eigenvalue weighted by atomic mass is 10.00. The third-order valence-corrected chi connectivity index (χ3v) is 3.36. The van der Waals surface area contributed by atoms with Gasteiger partial charge in [0, 0.05) is 12.7 Å². The van der Waals surface area contributed by atoms with Crippen LogP contribution in [0.25, 0.3) is 22.2 Å². The van der Waals surface area contributed by atoms with Gasteiger partial charge in [0.2, 0.25) is 0 Å². The van der Waals surface area contributed by atoms with Gasteiger partial charge in [0.25, 0.3) is 0 Å². The molecule has 1 heterocycles. The van der Waals surface area contributed by atoms with Gasteiger partial charge in [0.15, 0.2) is 5.58 Å². The van der Waals surface area contributed by atoms with Crippen LogP contribution in [0.4, 0.5) is 5.69 Å². The van der Waals surface area contributed by atoms with E-state index in [1.807, 2.05) is 43.3 Å². The maximum absolute atomic E-state index is 11.5. The predicted octanol–water partition coefficient (Wildman–Crippen LogP) is 2.69. The maximum atomic E-state index is 11.5. The molecule has 96 valence electrons. The summed E-state index contributed by atoms with van der Waals surface area (Å²) in [5.41, 5.74) is 11.0. The Labute approximate surface area is 110 Å². The van der Waals surface area contributed by atoms with Crippen molar-refractivity contribution < 1.29 is 4.42 Å². The first-order valence-corrected chi connectivity index (χ1v) is 6.02. The number of nitrogen functional groups attached to an aromatic ring is 1. The lowest BCUT2D eigenvalue weighted by Gasteiger charge is -2.07. The number of oxazole rings is 1. The average molecular weight is 254 g/mol. The molecular formula is C15H14N2O2. The standard InChI is InChI=1S/C15H14N2O2/c1-9-7-14-13(17(2)15(18)19-14)8-12(9)10-3-5-11(16)6-4-10/h3-8H,16H2,1-2H3. The second-order valence-corrected chi connectivity index (χ2v) is 4.68. The molecule has 0 atom stereocenters. The smallest absolute Gasteiger partial charge is 0.408 e. The van der Waals surface area contributed by atoms with Crippen molar-refractivity contribution >= 4 is 16.8 Å². The van der Waals surface area contributed by atoms with E-state index in [1.165, 1.54) is 4.57 Å². The molecule has 0 saturated heterocycles. The molecule has 0 radical (unpaired) electrons. The molecule has 0 aliphatic carbocycles. The summed E-state index contributed by atoms with van der Waals surface area (Å²) in [7, 11) is 1.70. The van der Waals surface area contributed by atoms with Gasteiger partial charge >= 0.3 is 5.76 Å². The molecule has 4 nitrogen and oxygen atoms in total. The third-order valence-electron chi connectivity index (χ3n) is 3.36. The van der Waals surface area contributed by atoms with Gasteiger partial charge < -0.3 is 10.2 Å². The van der Waals surface area contributed by atoms with Crippen LogP contribution in [0.2, 0.25) is 0 Å². The summed E-state index contributed by atoms with van der Waals surface area (Å²) < 4.78 is 6.69. The molecule has 1 aromatic heterocycles. The van der Waals surface area contributed by atoms with Crippen LogP contribution in [0.1, 0.15) is 5.56 Å². The molecule has 2 aromatic carbocycles. The number of hydrogen-bond acceptors (Lipinski definition) is 3. The minimum absolute atomic E-state index is 0.344. The first-order chi connectivity index (χ1) is 9.06. The van der Waals surface area contributed by atoms with Crippen molar-refractivity contribution in [3.63, 3.8) is 0 Å². The van der Waals surface area contributed by atoms with Crippen LogP contribution in [0.5, 0.6) is 0 Å². The Balaban J connectivity index is 2.29. The Bertz CT molecular complexity index is 811. The SMILES string of the molecule is Cc1cc2oc(=O)n(C)c2cc1-c1ccc(N)cc1. The Morgan fingerprint density at radius 3 is 2.53 bits per heavy atom. The number of aromatic nitrogens is 1. The van der Waals surface area contributed by atoms with Crippen molar-refractivity contribution in [2.24, 2.45) is 7.05 Å². The van der Waals surface area contributed by atoms with E-state index >= 15 is 0 Å². The molecule has 0 amide bonds. The minimum Gasteiger partial charge on any atom is -0.408 e. The minimum atomic E-state index is -0.344. The van der Waals surface area contributed by atoms with Crippen molar-refractivity contribution in [3.05, 3.63) is 52.5 Å². The highest BCUT2D eigenvalue weighted by Gasteiger charge is 2.10. The van der Waals surface area contributed by atoms with E-state index in [1.54, 1.807) is 7.05 Å². The zero-order valence-electron chi connectivity index (χ0n) is 10.8. The van der Waals surface area contributed by atoms with Crippen LogP contribution in [0.3, 0.4) is 0 Å². The molecule has 0 aliphatic rings. The highest BCUT2D eigenvalue weighted by molar-refractivity contribution is 5.83. The molecule has 0 bridgehead atoms. The largest absolute Gasteiger partial charge is 0.419 e. The molecule has 0 aliphatic heterocycles. The van der Waals surface area contributed by atoms with Gasteiger partial charge in [-0.15, -0.1) is 0 Å². The Hall–Kier alpha value is -2.49. The summed E-state index contributed by atoms with van der Waals surface area (Å²) in [5.74, 6) is -0.344. The van der Waals surface area contributed by atoms with E-state index in [4.69, 9.17) is 10.2 Å². The fourth-order valence-electron chi connectivity index (χ4n) is 2.25. The van der Waals surface area contributed by atoms with Crippen LogP contribution < -0.4 is 11.5 Å². The zero-order valence-corrected chi connectivity index (χ0v) is 10.8. The highest BCUT2D eigenvalue weighted by atomic mass is 16.4. The Kier molecular flexibility index (Phi) is 2.45. The van der Waals surface area contributed by atoms with Gasteiger partial charge in [-0.25, -0.2) is 4.79 Å². The summed E-state index contributed by atoms with van der Waals surface area (Å²) >= 11 is 0. The van der Waals surface area contributed by atoms with E-state index in [-0.39, 0.29) is 5.76 Å². The molecule has 2 N–H and O–H groups in total. The van der Waals surface area contributed by atoms with Gasteiger partial charge in [-0.2, -0.15) is 0 Å². The quantitative estimate of drug-likeness (QED) is 0.679. The van der Waals surface area contributed by atoms with Gasteiger partial charge in [-0.05, 0) is 47.9 Å². The van der Waals surface area contributed by atoms with E-state index < -0.39 is 0 Å². The molecule has 0 unspecified atom stereocenters. The lowest BCUT2D eigenvalue weighted by molar-refractivity contribution is 0.528. The number of nitrogens with zero attached hydrogens (tertiary/aromatic N) is 1. The first-order valence-electron chi connectivity index (χ1n) is 6.02. The van der Waals surface area contributed by atoms with Gasteiger partial charge in [0.05, 0.1) is 5.52 Å². The van der Waals surface area contributed by atoms with Crippen LogP contribution in [-0.2, 0) is 7.05 Å². The second kappa shape index (κ2) is 4.02. The molecule has 0 saturated carbocycles. The van der Waals surface area contributed by atoms with Crippen LogP contribution in [0.15, 0.2) is 45.6 Å². The molecule has 19 heavy (non-hydrogen) atoms. The lowest BCUT2D eigenvalue weighted by Crippen LogP contribution is -2.08. The van der Waals surface area contributed by atoms with Gasteiger partial charge in [0.1, 0.15) is 0 Å². The van der Waals surface area contributed by atoms with E-state index in [0.717, 1.165) is 27.9 Å². The number of fused-ring (bicyclic) bond motifs is 1. The van der Waals surface area contributed by atoms with E-state index in [2.05, 4.69) is 0 Å². The van der Waals surface area contributed by atoms with Gasteiger partial charge in [-0.3, -0.25) is 4.57 Å². The fourth-order valence-corrected chi connectivity index (χ4v) is 2.25. The maximum Gasteiger partial charge on any atom is 0.419 e. The summed E-state index contributed by atoms with van der Waals surface area (Å²) in [6, 6.07) is 11.5. The number of anilines is 1. The van der Waals surface area contributed by atoms with E-state index in [9.17, 15) is 4.79 Å².